The van der Waals surface area contributed by atoms with Crippen LogP contribution < -0.4 is 17.2 Å². The minimum Gasteiger partial charge on any atom is -0.466 e. The maximum atomic E-state index is 13.3. The third-order valence-electron chi connectivity index (χ3n) is 14.4. The molecule has 310 valence electrons. The molecule has 0 amide bonds. The third-order valence-corrected chi connectivity index (χ3v) is 14.4. The molecule has 4 aliphatic carbocycles. The molecule has 6 N–H and O–H groups in total. The summed E-state index contributed by atoms with van der Waals surface area (Å²) in [6.07, 6.45) is 15.9. The van der Waals surface area contributed by atoms with Crippen LogP contribution in [0.4, 0.5) is 0 Å². The first kappa shape index (κ1) is 44.5. The van der Waals surface area contributed by atoms with Gasteiger partial charge in [0, 0.05) is 37.4 Å². The zero-order chi connectivity index (χ0) is 39.3. The Hall–Kier alpha value is -2.24. The summed E-state index contributed by atoms with van der Waals surface area (Å²) in [4.78, 5) is 51.7. The van der Waals surface area contributed by atoms with Gasteiger partial charge < -0.3 is 36.1 Å². The van der Waals surface area contributed by atoms with E-state index in [1.54, 1.807) is 0 Å². The molecule has 4 aliphatic rings. The van der Waals surface area contributed by atoms with Crippen LogP contribution >= 0.6 is 0 Å². The number of hydrogen-bond donors (Lipinski definition) is 3. The van der Waals surface area contributed by atoms with Crippen LogP contribution in [-0.2, 0) is 38.1 Å². The number of fused-ring (bicyclic) bond motifs is 5. The Labute approximate surface area is 325 Å². The van der Waals surface area contributed by atoms with Crippen molar-refractivity contribution in [2.75, 3.05) is 26.2 Å². The molecule has 4 rings (SSSR count). The van der Waals surface area contributed by atoms with Gasteiger partial charge in [-0.2, -0.15) is 0 Å². The molecule has 0 saturated heterocycles. The van der Waals surface area contributed by atoms with Crippen LogP contribution in [0.5, 0.6) is 0 Å². The molecule has 0 radical (unpaired) electrons. The van der Waals surface area contributed by atoms with Gasteiger partial charge in [-0.05, 0) is 92.8 Å². The van der Waals surface area contributed by atoms with Gasteiger partial charge in [-0.25, -0.2) is 0 Å². The fourth-order valence-corrected chi connectivity index (χ4v) is 11.6. The van der Waals surface area contributed by atoms with Gasteiger partial charge in [0.15, 0.2) is 0 Å². The Balaban J connectivity index is 1.50. The number of hydrogen-bond acceptors (Lipinski definition) is 11. The topological polar surface area (TPSA) is 183 Å². The lowest BCUT2D eigenvalue weighted by molar-refractivity contribution is -0.225. The van der Waals surface area contributed by atoms with Gasteiger partial charge in [0.1, 0.15) is 18.3 Å². The Kier molecular flexibility index (Phi) is 17.6. The summed E-state index contributed by atoms with van der Waals surface area (Å²) < 4.78 is 24.4. The van der Waals surface area contributed by atoms with E-state index in [1.165, 1.54) is 38.5 Å². The van der Waals surface area contributed by atoms with Gasteiger partial charge in [0.25, 0.3) is 0 Å². The first-order valence-corrected chi connectivity index (χ1v) is 21.8. The number of nitrogens with two attached hydrogens (primary N) is 3. The molecule has 0 aromatic heterocycles. The van der Waals surface area contributed by atoms with Gasteiger partial charge in [0.2, 0.25) is 0 Å². The molecule has 2 unspecified atom stereocenters. The molecule has 11 nitrogen and oxygen atoms in total. The van der Waals surface area contributed by atoms with E-state index in [2.05, 4.69) is 27.7 Å². The lowest BCUT2D eigenvalue weighted by Gasteiger charge is -2.64. The summed E-state index contributed by atoms with van der Waals surface area (Å²) in [7, 11) is 0. The quantitative estimate of drug-likeness (QED) is 0.0603. The van der Waals surface area contributed by atoms with E-state index in [4.69, 9.17) is 36.1 Å². The SMILES string of the molecule is CCCCCCCCCCOC(=O)CC[C@@H](C)[C@H]1CC[C@H]2C3[C@H](OC(=O)CCN)CC4C[C@H](OC(=O)CCN)CC[C@]4(C)[C@H]3C[C@H](OC(=O)CCN)[C@]12C. The van der Waals surface area contributed by atoms with Crippen LogP contribution in [0.2, 0.25) is 0 Å². The lowest BCUT2D eigenvalue weighted by atomic mass is 9.43. The monoisotopic (exact) mass is 762 g/mol. The molecule has 11 heteroatoms. The summed E-state index contributed by atoms with van der Waals surface area (Å²) >= 11 is 0. The van der Waals surface area contributed by atoms with Gasteiger partial charge in [-0.3, -0.25) is 19.2 Å². The summed E-state index contributed by atoms with van der Waals surface area (Å²) in [6.45, 7) is 10.3. The smallest absolute Gasteiger partial charge is 0.307 e. The zero-order valence-corrected chi connectivity index (χ0v) is 34.2. The minimum absolute atomic E-state index is 0.0904. The van der Waals surface area contributed by atoms with Crippen molar-refractivity contribution >= 4 is 23.9 Å². The molecular formula is C43H75N3O8. The van der Waals surface area contributed by atoms with Crippen molar-refractivity contribution in [2.24, 2.45) is 63.5 Å². The second-order valence-corrected chi connectivity index (χ2v) is 17.7. The van der Waals surface area contributed by atoms with Crippen LogP contribution in [0, 0.1) is 46.3 Å². The van der Waals surface area contributed by atoms with Crippen molar-refractivity contribution in [3.63, 3.8) is 0 Å². The van der Waals surface area contributed by atoms with Gasteiger partial charge in [-0.15, -0.1) is 0 Å². The van der Waals surface area contributed by atoms with Crippen molar-refractivity contribution in [3.05, 3.63) is 0 Å². The molecule has 4 fully saturated rings. The Morgan fingerprint density at radius 2 is 1.30 bits per heavy atom. The fraction of sp³-hybridized carbons (Fsp3) is 0.907. The Morgan fingerprint density at radius 3 is 1.94 bits per heavy atom. The van der Waals surface area contributed by atoms with E-state index in [0.29, 0.717) is 38.7 Å². The van der Waals surface area contributed by atoms with Gasteiger partial charge in [-0.1, -0.05) is 72.6 Å². The maximum Gasteiger partial charge on any atom is 0.307 e. The molecule has 11 atom stereocenters. The number of unbranched alkanes of at least 4 members (excludes halogenated alkanes) is 7. The molecule has 0 aromatic carbocycles. The predicted octanol–water partition coefficient (Wildman–Crippen LogP) is 6.75. The zero-order valence-electron chi connectivity index (χ0n) is 34.2. The molecule has 0 aromatic rings. The standard InChI is InChI=1S/C43H75N3O8/c1-5-6-7-8-9-10-11-12-25-51-37(47)16-13-29(2)32-14-15-33-41-34(28-36(43(32,33)4)54-40(50)20-24-46)42(3)21-17-31(52-38(48)18-22-44)26-30(42)27-35(41)53-39(49)19-23-45/h29-36,41H,5-28,44-46H2,1-4H3/t29-,30?,31-,32-,33+,34+,35-,36+,41?,42+,43-/m1/s1. The van der Waals surface area contributed by atoms with E-state index in [0.717, 1.165) is 38.5 Å². The number of ether oxygens (including phenoxy) is 4. The van der Waals surface area contributed by atoms with Crippen molar-refractivity contribution in [1.29, 1.82) is 0 Å². The number of carbonyl (C=O) groups excluding carboxylic acids is 4. The summed E-state index contributed by atoms with van der Waals surface area (Å²) in [5.41, 5.74) is 16.8. The van der Waals surface area contributed by atoms with Gasteiger partial charge in [0.05, 0.1) is 25.9 Å². The van der Waals surface area contributed by atoms with Gasteiger partial charge >= 0.3 is 23.9 Å². The maximum absolute atomic E-state index is 13.3. The predicted molar refractivity (Wildman–Crippen MR) is 209 cm³/mol. The van der Waals surface area contributed by atoms with Crippen molar-refractivity contribution in [3.8, 4) is 0 Å². The Bertz CT molecular complexity index is 1220. The Morgan fingerprint density at radius 1 is 0.685 bits per heavy atom. The highest BCUT2D eigenvalue weighted by Gasteiger charge is 2.67. The van der Waals surface area contributed by atoms with Crippen molar-refractivity contribution in [2.45, 2.75) is 174 Å². The minimum atomic E-state index is -0.372. The first-order valence-electron chi connectivity index (χ1n) is 21.8. The molecule has 0 spiro atoms. The van der Waals surface area contributed by atoms with E-state index >= 15 is 0 Å². The fourth-order valence-electron chi connectivity index (χ4n) is 11.6. The van der Waals surface area contributed by atoms with Crippen LogP contribution in [0.1, 0.15) is 156 Å². The average molecular weight is 762 g/mol. The highest BCUT2D eigenvalue weighted by atomic mass is 16.6. The molecule has 4 saturated carbocycles. The lowest BCUT2D eigenvalue weighted by Crippen LogP contribution is -2.63. The van der Waals surface area contributed by atoms with Crippen molar-refractivity contribution < 1.29 is 38.1 Å². The highest BCUT2D eigenvalue weighted by molar-refractivity contribution is 5.71. The second kappa shape index (κ2) is 21.3. The van der Waals surface area contributed by atoms with Crippen LogP contribution in [0.3, 0.4) is 0 Å². The van der Waals surface area contributed by atoms with E-state index in [1.807, 2.05) is 0 Å². The molecular weight excluding hydrogens is 686 g/mol. The normalized spacial score (nSPS) is 33.5. The number of carbonyl (C=O) groups is 4. The molecule has 54 heavy (non-hydrogen) atoms. The summed E-state index contributed by atoms with van der Waals surface area (Å²) in [6, 6.07) is 0. The van der Waals surface area contributed by atoms with E-state index in [9.17, 15) is 19.2 Å². The third kappa shape index (κ3) is 11.0. The molecule has 0 bridgehead atoms. The first-order chi connectivity index (χ1) is 25.9. The number of rotatable bonds is 22. The van der Waals surface area contributed by atoms with Crippen LogP contribution in [0.15, 0.2) is 0 Å². The molecule has 0 heterocycles. The number of esters is 4. The second-order valence-electron chi connectivity index (χ2n) is 17.7. The van der Waals surface area contributed by atoms with E-state index in [-0.39, 0.29) is 127 Å². The van der Waals surface area contributed by atoms with Crippen molar-refractivity contribution in [1.82, 2.24) is 0 Å². The average Bonchev–Trinajstić information content (AvgIpc) is 3.49. The summed E-state index contributed by atoms with van der Waals surface area (Å²) in [5.74, 6) is -0.000836. The highest BCUT2D eigenvalue weighted by Crippen LogP contribution is 2.69. The van der Waals surface area contributed by atoms with Crippen LogP contribution in [0.25, 0.3) is 0 Å². The van der Waals surface area contributed by atoms with Crippen LogP contribution in [-0.4, -0.2) is 68.4 Å². The van der Waals surface area contributed by atoms with E-state index < -0.39 is 0 Å². The summed E-state index contributed by atoms with van der Waals surface area (Å²) in [5, 5.41) is 0. The molecule has 0 aliphatic heterocycles. The largest absolute Gasteiger partial charge is 0.466 e.